The Hall–Kier alpha value is -3.33. The van der Waals surface area contributed by atoms with Gasteiger partial charge in [-0.2, -0.15) is 9.50 Å². The standard InChI is InChI=1S/C25H22ClN5O2S/c26-18-8-4-9-19(16-18)29-11-13-30(14-12-29)21(17-6-2-1-3-7-17)22-24(32)31-25(34-22)27-23(28-31)20-10-5-15-33-20/h1-10,15-16,21,32H,11-14H2/t21-/m0/s1. The number of benzene rings is 2. The van der Waals surface area contributed by atoms with Gasteiger partial charge in [0, 0.05) is 36.9 Å². The van der Waals surface area contributed by atoms with Crippen molar-refractivity contribution in [1.29, 1.82) is 0 Å². The van der Waals surface area contributed by atoms with Crippen LogP contribution >= 0.6 is 22.9 Å². The smallest absolute Gasteiger partial charge is 0.230 e. The summed E-state index contributed by atoms with van der Waals surface area (Å²) >= 11 is 7.67. The first kappa shape index (κ1) is 21.2. The molecule has 34 heavy (non-hydrogen) atoms. The highest BCUT2D eigenvalue weighted by molar-refractivity contribution is 7.17. The largest absolute Gasteiger partial charge is 0.492 e. The molecule has 0 saturated carbocycles. The van der Waals surface area contributed by atoms with E-state index in [9.17, 15) is 5.11 Å². The number of aromatic hydroxyl groups is 1. The Morgan fingerprint density at radius 2 is 1.79 bits per heavy atom. The Kier molecular flexibility index (Phi) is 5.49. The predicted octanol–water partition coefficient (Wildman–Crippen LogP) is 5.32. The van der Waals surface area contributed by atoms with Gasteiger partial charge < -0.3 is 14.4 Å². The fraction of sp³-hybridized carbons (Fsp3) is 0.200. The molecule has 0 aliphatic carbocycles. The van der Waals surface area contributed by atoms with Gasteiger partial charge in [-0.05, 0) is 35.9 Å². The molecular formula is C25H22ClN5O2S. The molecule has 7 nitrogen and oxygen atoms in total. The van der Waals surface area contributed by atoms with E-state index in [2.05, 4.69) is 38.1 Å². The van der Waals surface area contributed by atoms with Gasteiger partial charge in [-0.15, -0.1) is 5.10 Å². The van der Waals surface area contributed by atoms with Crippen LogP contribution < -0.4 is 4.90 Å². The molecule has 1 N–H and O–H groups in total. The molecule has 3 aromatic heterocycles. The number of piperazine rings is 1. The number of aromatic nitrogens is 3. The summed E-state index contributed by atoms with van der Waals surface area (Å²) in [5.74, 6) is 1.16. The van der Waals surface area contributed by atoms with E-state index in [0.29, 0.717) is 16.5 Å². The molecule has 4 heterocycles. The van der Waals surface area contributed by atoms with Gasteiger partial charge in [0.2, 0.25) is 16.7 Å². The van der Waals surface area contributed by atoms with Crippen molar-refractivity contribution in [2.24, 2.45) is 0 Å². The molecule has 0 radical (unpaired) electrons. The number of anilines is 1. The van der Waals surface area contributed by atoms with E-state index in [1.807, 2.05) is 42.5 Å². The number of thiazole rings is 1. The second-order valence-electron chi connectivity index (χ2n) is 8.21. The van der Waals surface area contributed by atoms with Gasteiger partial charge in [0.05, 0.1) is 17.2 Å². The third-order valence-electron chi connectivity index (χ3n) is 6.16. The zero-order valence-electron chi connectivity index (χ0n) is 18.2. The predicted molar refractivity (Wildman–Crippen MR) is 134 cm³/mol. The second kappa shape index (κ2) is 8.79. The number of nitrogens with zero attached hydrogens (tertiary/aromatic N) is 5. The topological polar surface area (TPSA) is 70.0 Å². The van der Waals surface area contributed by atoms with Crippen LogP contribution in [0.2, 0.25) is 5.02 Å². The maximum Gasteiger partial charge on any atom is 0.230 e. The summed E-state index contributed by atoms with van der Waals surface area (Å²) in [5.41, 5.74) is 2.26. The summed E-state index contributed by atoms with van der Waals surface area (Å²) < 4.78 is 6.93. The quantitative estimate of drug-likeness (QED) is 0.359. The van der Waals surface area contributed by atoms with Crippen LogP contribution in [0.3, 0.4) is 0 Å². The molecule has 5 aromatic rings. The first-order valence-corrected chi connectivity index (χ1v) is 12.3. The van der Waals surface area contributed by atoms with E-state index >= 15 is 0 Å². The molecule has 1 fully saturated rings. The SMILES string of the molecule is Oc1c([C@H](c2ccccc2)N2CCN(c3cccc(Cl)c3)CC2)sc2nc(-c3ccco3)nn12. The molecular weight excluding hydrogens is 470 g/mol. The summed E-state index contributed by atoms with van der Waals surface area (Å²) in [6.07, 6.45) is 1.59. The van der Waals surface area contributed by atoms with Crippen molar-refractivity contribution in [1.82, 2.24) is 19.5 Å². The molecule has 2 aromatic carbocycles. The fourth-order valence-electron chi connectivity index (χ4n) is 4.51. The lowest BCUT2D eigenvalue weighted by molar-refractivity contribution is 0.211. The molecule has 172 valence electrons. The van der Waals surface area contributed by atoms with Crippen LogP contribution in [0.5, 0.6) is 5.88 Å². The average molecular weight is 492 g/mol. The molecule has 0 spiro atoms. The number of hydrogen-bond donors (Lipinski definition) is 1. The summed E-state index contributed by atoms with van der Waals surface area (Å²) in [5, 5.41) is 16.4. The number of furan rings is 1. The Balaban J connectivity index is 1.32. The van der Waals surface area contributed by atoms with Crippen LogP contribution in [0.1, 0.15) is 16.5 Å². The van der Waals surface area contributed by atoms with Crippen LogP contribution in [-0.4, -0.2) is 50.8 Å². The summed E-state index contributed by atoms with van der Waals surface area (Å²) in [6, 6.07) is 21.8. The van der Waals surface area contributed by atoms with Gasteiger partial charge in [-0.1, -0.05) is 59.3 Å². The maximum absolute atomic E-state index is 11.2. The average Bonchev–Trinajstić information content (AvgIpc) is 3.60. The number of hydrogen-bond acceptors (Lipinski definition) is 7. The van der Waals surface area contributed by atoms with Gasteiger partial charge in [0.25, 0.3) is 0 Å². The summed E-state index contributed by atoms with van der Waals surface area (Å²) in [4.78, 5) is 10.8. The van der Waals surface area contributed by atoms with Crippen molar-refractivity contribution in [2.45, 2.75) is 6.04 Å². The van der Waals surface area contributed by atoms with Crippen LogP contribution in [-0.2, 0) is 0 Å². The van der Waals surface area contributed by atoms with Crippen molar-refractivity contribution < 1.29 is 9.52 Å². The van der Waals surface area contributed by atoms with E-state index in [4.69, 9.17) is 16.0 Å². The lowest BCUT2D eigenvalue weighted by atomic mass is 10.0. The summed E-state index contributed by atoms with van der Waals surface area (Å²) in [6.45, 7) is 3.43. The molecule has 1 aliphatic rings. The van der Waals surface area contributed by atoms with Gasteiger partial charge in [-0.3, -0.25) is 4.90 Å². The second-order valence-corrected chi connectivity index (χ2v) is 9.66. The summed E-state index contributed by atoms with van der Waals surface area (Å²) in [7, 11) is 0. The number of rotatable bonds is 5. The maximum atomic E-state index is 11.2. The fourth-order valence-corrected chi connectivity index (χ4v) is 5.81. The third kappa shape index (κ3) is 3.83. The molecule has 9 heteroatoms. The van der Waals surface area contributed by atoms with E-state index in [1.54, 1.807) is 12.3 Å². The third-order valence-corrected chi connectivity index (χ3v) is 7.47. The van der Waals surface area contributed by atoms with Crippen molar-refractivity contribution >= 4 is 33.6 Å². The monoisotopic (exact) mass is 491 g/mol. The molecule has 0 bridgehead atoms. The van der Waals surface area contributed by atoms with Crippen molar-refractivity contribution in [2.75, 3.05) is 31.1 Å². The van der Waals surface area contributed by atoms with E-state index in [1.165, 1.54) is 15.9 Å². The van der Waals surface area contributed by atoms with Gasteiger partial charge >= 0.3 is 0 Å². The minimum Gasteiger partial charge on any atom is -0.492 e. The number of fused-ring (bicyclic) bond motifs is 1. The van der Waals surface area contributed by atoms with Crippen LogP contribution in [0, 0.1) is 0 Å². The Bertz CT molecular complexity index is 1410. The van der Waals surface area contributed by atoms with Crippen LogP contribution in [0.4, 0.5) is 5.69 Å². The van der Waals surface area contributed by atoms with Gasteiger partial charge in [0.15, 0.2) is 5.76 Å². The molecule has 1 aliphatic heterocycles. The van der Waals surface area contributed by atoms with Crippen LogP contribution in [0.15, 0.2) is 77.4 Å². The highest BCUT2D eigenvalue weighted by atomic mass is 35.5. The van der Waals surface area contributed by atoms with Gasteiger partial charge in [0.1, 0.15) is 0 Å². The van der Waals surface area contributed by atoms with E-state index < -0.39 is 0 Å². The molecule has 1 atom stereocenters. The Morgan fingerprint density at radius 1 is 0.971 bits per heavy atom. The zero-order valence-corrected chi connectivity index (χ0v) is 19.8. The van der Waals surface area contributed by atoms with Crippen molar-refractivity contribution in [3.8, 4) is 17.5 Å². The molecule has 1 saturated heterocycles. The van der Waals surface area contributed by atoms with Crippen LogP contribution in [0.25, 0.3) is 16.5 Å². The van der Waals surface area contributed by atoms with E-state index in [0.717, 1.165) is 47.3 Å². The molecule has 0 unspecified atom stereocenters. The van der Waals surface area contributed by atoms with Crippen molar-refractivity contribution in [3.05, 3.63) is 88.5 Å². The molecule has 0 amide bonds. The Morgan fingerprint density at radius 3 is 2.50 bits per heavy atom. The molecule has 6 rings (SSSR count). The van der Waals surface area contributed by atoms with Crippen molar-refractivity contribution in [3.63, 3.8) is 0 Å². The first-order chi connectivity index (χ1) is 16.7. The minimum absolute atomic E-state index is 0.0942. The normalized spacial score (nSPS) is 15.7. The minimum atomic E-state index is -0.0942. The van der Waals surface area contributed by atoms with Gasteiger partial charge in [-0.25, -0.2) is 0 Å². The zero-order chi connectivity index (χ0) is 23.1. The lowest BCUT2D eigenvalue weighted by Gasteiger charge is -2.40. The Labute approximate surface area is 205 Å². The highest BCUT2D eigenvalue weighted by Crippen LogP contribution is 2.41. The lowest BCUT2D eigenvalue weighted by Crippen LogP contribution is -2.47. The first-order valence-electron chi connectivity index (χ1n) is 11.1. The number of halogens is 1. The highest BCUT2D eigenvalue weighted by Gasteiger charge is 2.32. The van der Waals surface area contributed by atoms with E-state index in [-0.39, 0.29) is 11.9 Å².